The van der Waals surface area contributed by atoms with E-state index < -0.39 is 29.2 Å². The van der Waals surface area contributed by atoms with Gasteiger partial charge < -0.3 is 4.90 Å². The van der Waals surface area contributed by atoms with E-state index in [0.717, 1.165) is 22.4 Å². The summed E-state index contributed by atoms with van der Waals surface area (Å²) in [6, 6.07) is 26.6. The van der Waals surface area contributed by atoms with Gasteiger partial charge in [-0.05, 0) is 52.9 Å². The van der Waals surface area contributed by atoms with Gasteiger partial charge in [0.1, 0.15) is 17.3 Å². The molecule has 3 atom stereocenters. The van der Waals surface area contributed by atoms with E-state index in [2.05, 4.69) is 13.8 Å². The van der Waals surface area contributed by atoms with E-state index in [1.165, 1.54) is 24.3 Å². The standard InChI is InChI=1S/C36H28FNO3/c1-21(2)22-11-13-24(14-12-22)31-32(33(39)25-15-18-26(37)19-16-25)38-29-10-6-3-7-23(29)17-20-30(38)36(31)34(40)27-8-4-5-9-28(27)35(36)41/h3-21,30-32H,1-2H3/t30-,31-,32+/m0/s1. The molecule has 0 amide bonds. The van der Waals surface area contributed by atoms with Crippen LogP contribution in [0.25, 0.3) is 6.08 Å². The molecule has 3 aliphatic rings. The second kappa shape index (κ2) is 9.20. The maximum absolute atomic E-state index is 14.7. The van der Waals surface area contributed by atoms with Crippen molar-refractivity contribution >= 4 is 29.1 Å². The summed E-state index contributed by atoms with van der Waals surface area (Å²) >= 11 is 0. The number of rotatable bonds is 4. The van der Waals surface area contributed by atoms with Crippen molar-refractivity contribution in [3.05, 3.63) is 142 Å². The van der Waals surface area contributed by atoms with E-state index in [1.54, 1.807) is 24.3 Å². The van der Waals surface area contributed by atoms with Crippen LogP contribution in [0, 0.1) is 11.2 Å². The van der Waals surface area contributed by atoms with E-state index in [9.17, 15) is 18.8 Å². The molecular weight excluding hydrogens is 513 g/mol. The molecule has 4 aromatic carbocycles. The van der Waals surface area contributed by atoms with Gasteiger partial charge in [0.2, 0.25) is 0 Å². The molecule has 0 N–H and O–H groups in total. The first-order valence-corrected chi connectivity index (χ1v) is 14.0. The smallest absolute Gasteiger partial charge is 0.185 e. The summed E-state index contributed by atoms with van der Waals surface area (Å²) < 4.78 is 13.9. The number of ketones is 3. The quantitative estimate of drug-likeness (QED) is 0.202. The molecular formula is C36H28FNO3. The predicted molar refractivity (Wildman–Crippen MR) is 157 cm³/mol. The van der Waals surface area contributed by atoms with Crippen LogP contribution in [0.4, 0.5) is 10.1 Å². The van der Waals surface area contributed by atoms with Gasteiger partial charge in [-0.3, -0.25) is 14.4 Å². The Morgan fingerprint density at radius 1 is 0.805 bits per heavy atom. The first-order chi connectivity index (χ1) is 19.8. The van der Waals surface area contributed by atoms with Crippen molar-refractivity contribution in [2.24, 2.45) is 5.41 Å². The fourth-order valence-corrected chi connectivity index (χ4v) is 7.16. The van der Waals surface area contributed by atoms with Crippen molar-refractivity contribution in [1.29, 1.82) is 0 Å². The minimum Gasteiger partial charge on any atom is -0.352 e. The van der Waals surface area contributed by atoms with Gasteiger partial charge >= 0.3 is 0 Å². The van der Waals surface area contributed by atoms with Crippen molar-refractivity contribution in [2.75, 3.05) is 4.90 Å². The maximum atomic E-state index is 14.7. The van der Waals surface area contributed by atoms with E-state index in [1.807, 2.05) is 65.6 Å². The highest BCUT2D eigenvalue weighted by Gasteiger charge is 2.71. The lowest BCUT2D eigenvalue weighted by molar-refractivity contribution is 0.0666. The summed E-state index contributed by atoms with van der Waals surface area (Å²) in [4.78, 5) is 45.9. The number of nitrogens with zero attached hydrogens (tertiary/aromatic N) is 1. The summed E-state index contributed by atoms with van der Waals surface area (Å²) in [6.07, 6.45) is 3.86. The zero-order valence-corrected chi connectivity index (χ0v) is 22.8. The van der Waals surface area contributed by atoms with Crippen LogP contribution in [0.1, 0.15) is 73.4 Å². The minimum absolute atomic E-state index is 0.258. The lowest BCUT2D eigenvalue weighted by Gasteiger charge is -2.37. The van der Waals surface area contributed by atoms with E-state index >= 15 is 0 Å². The molecule has 0 radical (unpaired) electrons. The Morgan fingerprint density at radius 2 is 1.41 bits per heavy atom. The van der Waals surface area contributed by atoms with Gasteiger partial charge in [-0.15, -0.1) is 0 Å². The molecule has 4 aromatic rings. The van der Waals surface area contributed by atoms with E-state index in [-0.39, 0.29) is 17.3 Å². The number of hydrogen-bond donors (Lipinski definition) is 0. The second-order valence-electron chi connectivity index (χ2n) is 11.5. The van der Waals surface area contributed by atoms with Gasteiger partial charge in [0.15, 0.2) is 17.3 Å². The molecule has 41 heavy (non-hydrogen) atoms. The number of Topliss-reactive ketones (excluding diaryl/α,β-unsaturated/α-hetero) is 3. The van der Waals surface area contributed by atoms with E-state index in [4.69, 9.17) is 0 Å². The number of hydrogen-bond acceptors (Lipinski definition) is 4. The molecule has 1 saturated heterocycles. The normalized spacial score (nSPS) is 21.8. The lowest BCUT2D eigenvalue weighted by atomic mass is 9.64. The Bertz CT molecular complexity index is 1720. The molecule has 1 aliphatic carbocycles. The van der Waals surface area contributed by atoms with Crippen molar-refractivity contribution in [3.63, 3.8) is 0 Å². The molecule has 0 bridgehead atoms. The Morgan fingerprint density at radius 3 is 2.05 bits per heavy atom. The third-order valence-electron chi connectivity index (χ3n) is 9.07. The van der Waals surface area contributed by atoms with Gasteiger partial charge in [-0.1, -0.05) is 92.7 Å². The van der Waals surface area contributed by atoms with Crippen LogP contribution >= 0.6 is 0 Å². The highest BCUT2D eigenvalue weighted by molar-refractivity contribution is 6.32. The first kappa shape index (κ1) is 25.3. The summed E-state index contributed by atoms with van der Waals surface area (Å²) in [5.41, 5.74) is 3.14. The van der Waals surface area contributed by atoms with Gasteiger partial charge in [0.25, 0.3) is 0 Å². The Kier molecular flexibility index (Phi) is 5.69. The molecule has 0 saturated carbocycles. The maximum Gasteiger partial charge on any atom is 0.185 e. The fourth-order valence-electron chi connectivity index (χ4n) is 7.16. The number of carbonyl (C=O) groups excluding carboxylic acids is 3. The zero-order chi connectivity index (χ0) is 28.5. The molecule has 1 fully saturated rings. The fraction of sp³-hybridized carbons (Fsp3) is 0.194. The first-order valence-electron chi connectivity index (χ1n) is 14.0. The van der Waals surface area contributed by atoms with Crippen LogP contribution < -0.4 is 4.90 Å². The van der Waals surface area contributed by atoms with Crippen molar-refractivity contribution in [1.82, 2.24) is 0 Å². The minimum atomic E-state index is -1.55. The molecule has 0 unspecified atom stereocenters. The summed E-state index contributed by atoms with van der Waals surface area (Å²) in [5.74, 6) is -1.71. The van der Waals surface area contributed by atoms with Crippen molar-refractivity contribution < 1.29 is 18.8 Å². The summed E-state index contributed by atoms with van der Waals surface area (Å²) in [7, 11) is 0. The number of halogens is 1. The van der Waals surface area contributed by atoms with Gasteiger partial charge in [-0.2, -0.15) is 0 Å². The van der Waals surface area contributed by atoms with Crippen LogP contribution in [0.15, 0.2) is 103 Å². The van der Waals surface area contributed by atoms with Crippen LogP contribution in [0.5, 0.6) is 0 Å². The van der Waals surface area contributed by atoms with Gasteiger partial charge in [-0.25, -0.2) is 4.39 Å². The summed E-state index contributed by atoms with van der Waals surface area (Å²) in [5, 5.41) is 0. The molecule has 2 heterocycles. The molecule has 4 nitrogen and oxygen atoms in total. The molecule has 202 valence electrons. The molecule has 5 heteroatoms. The Hall–Kier alpha value is -4.64. The van der Waals surface area contributed by atoms with Crippen LogP contribution in [-0.2, 0) is 0 Å². The van der Waals surface area contributed by atoms with Crippen LogP contribution in [0.2, 0.25) is 0 Å². The average Bonchev–Trinajstić information content (AvgIpc) is 3.43. The monoisotopic (exact) mass is 541 g/mol. The third kappa shape index (κ3) is 3.48. The number of carbonyl (C=O) groups is 3. The van der Waals surface area contributed by atoms with Crippen molar-refractivity contribution in [2.45, 2.75) is 37.8 Å². The Balaban J connectivity index is 1.53. The average molecular weight is 542 g/mol. The van der Waals surface area contributed by atoms with Crippen LogP contribution in [0.3, 0.4) is 0 Å². The number of anilines is 1. The third-order valence-corrected chi connectivity index (χ3v) is 9.07. The Labute approximate surface area is 238 Å². The largest absolute Gasteiger partial charge is 0.352 e. The highest BCUT2D eigenvalue weighted by atomic mass is 19.1. The highest BCUT2D eigenvalue weighted by Crippen LogP contribution is 2.61. The number of fused-ring (bicyclic) bond motifs is 5. The topological polar surface area (TPSA) is 54.5 Å². The number of benzene rings is 4. The van der Waals surface area contributed by atoms with Gasteiger partial charge in [0, 0.05) is 28.3 Å². The van der Waals surface area contributed by atoms with E-state index in [0.29, 0.717) is 22.6 Å². The SMILES string of the molecule is CC(C)c1ccc([C@H]2[C@H](C(=O)c3ccc(F)cc3)N3c4ccccc4C=C[C@H]3C23C(=O)c2ccccc2C3=O)cc1. The molecule has 7 rings (SSSR count). The number of para-hydroxylation sites is 1. The molecule has 2 aliphatic heterocycles. The zero-order valence-electron chi connectivity index (χ0n) is 22.8. The second-order valence-corrected chi connectivity index (χ2v) is 11.5. The lowest BCUT2D eigenvalue weighted by Crippen LogP contribution is -2.48. The molecule has 1 spiro atoms. The van der Waals surface area contributed by atoms with Crippen LogP contribution in [-0.4, -0.2) is 29.4 Å². The molecule has 0 aromatic heterocycles. The predicted octanol–water partition coefficient (Wildman–Crippen LogP) is 7.27. The summed E-state index contributed by atoms with van der Waals surface area (Å²) in [6.45, 7) is 4.21. The van der Waals surface area contributed by atoms with Gasteiger partial charge in [0.05, 0.1) is 6.04 Å². The van der Waals surface area contributed by atoms with Crippen molar-refractivity contribution in [3.8, 4) is 0 Å².